The number of rotatable bonds is 3. The van der Waals surface area contributed by atoms with E-state index in [0.29, 0.717) is 16.3 Å². The zero-order chi connectivity index (χ0) is 14.7. The molecule has 1 atom stereocenters. The first-order chi connectivity index (χ1) is 10.2. The molecular formula is C16H13ClN2O2. The first-order valence-electron chi connectivity index (χ1n) is 6.57. The van der Waals surface area contributed by atoms with Gasteiger partial charge in [0, 0.05) is 18.3 Å². The van der Waals surface area contributed by atoms with E-state index in [1.807, 2.05) is 24.3 Å². The number of benzene rings is 2. The Morgan fingerprint density at radius 2 is 1.95 bits per heavy atom. The Bertz CT molecular complexity index is 675. The molecule has 1 N–H and O–H groups in total. The number of oxime groups is 1. The molecule has 3 rings (SSSR count). The molecule has 0 radical (unpaired) electrons. The average Bonchev–Trinajstić information content (AvgIpc) is 3.02. The summed E-state index contributed by atoms with van der Waals surface area (Å²) >= 11 is 6.01. The minimum atomic E-state index is -0.228. The molecule has 0 spiro atoms. The highest BCUT2D eigenvalue weighted by Crippen LogP contribution is 2.25. The molecule has 0 fully saturated rings. The normalized spacial score (nSPS) is 16.5. The Hall–Kier alpha value is -2.33. The highest BCUT2D eigenvalue weighted by atomic mass is 35.5. The lowest BCUT2D eigenvalue weighted by atomic mass is 10.1. The van der Waals surface area contributed by atoms with Crippen molar-refractivity contribution in [1.82, 2.24) is 0 Å². The largest absolute Gasteiger partial charge is 0.388 e. The molecule has 0 saturated carbocycles. The van der Waals surface area contributed by atoms with Gasteiger partial charge in [-0.05, 0) is 29.8 Å². The van der Waals surface area contributed by atoms with E-state index in [1.165, 1.54) is 0 Å². The van der Waals surface area contributed by atoms with E-state index in [2.05, 4.69) is 10.5 Å². The summed E-state index contributed by atoms with van der Waals surface area (Å²) in [4.78, 5) is 17.3. The highest BCUT2D eigenvalue weighted by molar-refractivity contribution is 6.34. The molecule has 1 heterocycles. The van der Waals surface area contributed by atoms with Gasteiger partial charge >= 0.3 is 0 Å². The van der Waals surface area contributed by atoms with Crippen molar-refractivity contribution in [3.05, 3.63) is 64.7 Å². The first kappa shape index (κ1) is 13.6. The average molecular weight is 301 g/mol. The second-order valence-electron chi connectivity index (χ2n) is 4.67. The number of amides is 1. The lowest BCUT2D eigenvalue weighted by Crippen LogP contribution is -2.12. The zero-order valence-electron chi connectivity index (χ0n) is 11.1. The van der Waals surface area contributed by atoms with Gasteiger partial charge in [-0.25, -0.2) is 0 Å². The summed E-state index contributed by atoms with van der Waals surface area (Å²) in [7, 11) is 0. The number of anilines is 1. The third kappa shape index (κ3) is 3.06. The summed E-state index contributed by atoms with van der Waals surface area (Å²) in [5, 5.41) is 7.01. The predicted octanol–water partition coefficient (Wildman–Crippen LogP) is 4.04. The molecule has 1 amide bonds. The molecule has 0 aromatic heterocycles. The number of nitrogens with zero attached hydrogens (tertiary/aromatic N) is 1. The van der Waals surface area contributed by atoms with Gasteiger partial charge in [0.25, 0.3) is 5.91 Å². The molecule has 21 heavy (non-hydrogen) atoms. The van der Waals surface area contributed by atoms with Crippen LogP contribution in [0.2, 0.25) is 5.02 Å². The van der Waals surface area contributed by atoms with Crippen molar-refractivity contribution in [2.24, 2.45) is 5.16 Å². The van der Waals surface area contributed by atoms with Crippen LogP contribution < -0.4 is 5.32 Å². The van der Waals surface area contributed by atoms with Gasteiger partial charge in [0.05, 0.1) is 10.6 Å². The molecule has 0 unspecified atom stereocenters. The molecule has 4 nitrogen and oxygen atoms in total. The van der Waals surface area contributed by atoms with Crippen molar-refractivity contribution < 1.29 is 9.63 Å². The summed E-state index contributed by atoms with van der Waals surface area (Å²) in [6.07, 6.45) is 2.49. The van der Waals surface area contributed by atoms with Crippen LogP contribution in [-0.4, -0.2) is 12.1 Å². The minimum absolute atomic E-state index is 0.0293. The van der Waals surface area contributed by atoms with E-state index in [9.17, 15) is 4.79 Å². The van der Waals surface area contributed by atoms with Crippen molar-refractivity contribution in [2.45, 2.75) is 12.5 Å². The molecule has 1 aliphatic rings. The first-order valence-corrected chi connectivity index (χ1v) is 6.95. The highest BCUT2D eigenvalue weighted by Gasteiger charge is 2.16. The smallest absolute Gasteiger partial charge is 0.257 e. The van der Waals surface area contributed by atoms with Crippen molar-refractivity contribution in [3.8, 4) is 0 Å². The number of carbonyl (C=O) groups is 1. The fourth-order valence-corrected chi connectivity index (χ4v) is 2.34. The fraction of sp³-hybridized carbons (Fsp3) is 0.125. The Labute approximate surface area is 127 Å². The van der Waals surface area contributed by atoms with Crippen LogP contribution in [0.25, 0.3) is 0 Å². The molecular weight excluding hydrogens is 288 g/mol. The van der Waals surface area contributed by atoms with E-state index in [1.54, 1.807) is 30.5 Å². The Kier molecular flexibility index (Phi) is 3.88. The maximum atomic E-state index is 12.1. The SMILES string of the molecule is O=C(Nc1ccc([C@H]2CC=NO2)cc1)c1ccccc1Cl. The van der Waals surface area contributed by atoms with Crippen molar-refractivity contribution in [1.29, 1.82) is 0 Å². The van der Waals surface area contributed by atoms with Gasteiger partial charge in [-0.15, -0.1) is 0 Å². The van der Waals surface area contributed by atoms with E-state index in [4.69, 9.17) is 16.4 Å². The maximum Gasteiger partial charge on any atom is 0.257 e. The van der Waals surface area contributed by atoms with Crippen LogP contribution in [0.15, 0.2) is 53.7 Å². The van der Waals surface area contributed by atoms with Crippen molar-refractivity contribution in [3.63, 3.8) is 0 Å². The van der Waals surface area contributed by atoms with Crippen LogP contribution in [0.5, 0.6) is 0 Å². The van der Waals surface area contributed by atoms with Gasteiger partial charge in [-0.1, -0.05) is 41.0 Å². The maximum absolute atomic E-state index is 12.1. The molecule has 2 aromatic carbocycles. The van der Waals surface area contributed by atoms with Gasteiger partial charge in [0.15, 0.2) is 6.10 Å². The molecule has 0 aliphatic carbocycles. The topological polar surface area (TPSA) is 50.7 Å². The standard InChI is InChI=1S/C16H13ClN2O2/c17-14-4-2-1-3-13(14)16(20)19-12-7-5-11(6-8-12)15-9-10-18-21-15/h1-8,10,15H,9H2,(H,19,20)/t15-/m1/s1. The van der Waals surface area contributed by atoms with Gasteiger partial charge < -0.3 is 10.2 Å². The summed E-state index contributed by atoms with van der Waals surface area (Å²) in [6.45, 7) is 0. The summed E-state index contributed by atoms with van der Waals surface area (Å²) in [6, 6.07) is 14.5. The number of hydrogen-bond acceptors (Lipinski definition) is 3. The lowest BCUT2D eigenvalue weighted by molar-refractivity contribution is 0.0858. The molecule has 106 valence electrons. The fourth-order valence-electron chi connectivity index (χ4n) is 2.12. The van der Waals surface area contributed by atoms with E-state index >= 15 is 0 Å². The van der Waals surface area contributed by atoms with Gasteiger partial charge in [0.2, 0.25) is 0 Å². The van der Waals surface area contributed by atoms with E-state index < -0.39 is 0 Å². The van der Waals surface area contributed by atoms with Gasteiger partial charge in [-0.2, -0.15) is 0 Å². The Balaban J connectivity index is 1.70. The summed E-state index contributed by atoms with van der Waals surface area (Å²) in [5.41, 5.74) is 2.20. The van der Waals surface area contributed by atoms with Crippen LogP contribution in [0, 0.1) is 0 Å². The van der Waals surface area contributed by atoms with Crippen molar-refractivity contribution in [2.75, 3.05) is 5.32 Å². The third-order valence-corrected chi connectivity index (χ3v) is 3.57. The predicted molar refractivity (Wildman–Crippen MR) is 82.8 cm³/mol. The molecule has 1 aliphatic heterocycles. The van der Waals surface area contributed by atoms with Gasteiger partial charge in [-0.3, -0.25) is 4.79 Å². The number of halogens is 1. The molecule has 0 saturated heterocycles. The quantitative estimate of drug-likeness (QED) is 0.930. The van der Waals surface area contributed by atoms with Crippen LogP contribution in [0.3, 0.4) is 0 Å². The Morgan fingerprint density at radius 3 is 2.62 bits per heavy atom. The summed E-state index contributed by atoms with van der Waals surface area (Å²) < 4.78 is 0. The summed E-state index contributed by atoms with van der Waals surface area (Å²) in [5.74, 6) is -0.228. The van der Waals surface area contributed by atoms with Gasteiger partial charge in [0.1, 0.15) is 0 Å². The third-order valence-electron chi connectivity index (χ3n) is 3.24. The molecule has 2 aromatic rings. The minimum Gasteiger partial charge on any atom is -0.388 e. The lowest BCUT2D eigenvalue weighted by Gasteiger charge is -2.10. The number of carbonyl (C=O) groups excluding carboxylic acids is 1. The van der Waals surface area contributed by atoms with Crippen LogP contribution in [-0.2, 0) is 4.84 Å². The Morgan fingerprint density at radius 1 is 1.19 bits per heavy atom. The second-order valence-corrected chi connectivity index (χ2v) is 5.08. The molecule has 5 heteroatoms. The van der Waals surface area contributed by atoms with E-state index in [-0.39, 0.29) is 12.0 Å². The van der Waals surface area contributed by atoms with Crippen LogP contribution in [0.1, 0.15) is 28.4 Å². The monoisotopic (exact) mass is 300 g/mol. The molecule has 0 bridgehead atoms. The van der Waals surface area contributed by atoms with Crippen molar-refractivity contribution >= 4 is 29.4 Å². The van der Waals surface area contributed by atoms with E-state index in [0.717, 1.165) is 12.0 Å². The number of hydrogen-bond donors (Lipinski definition) is 1. The van der Waals surface area contributed by atoms with Crippen LogP contribution in [0.4, 0.5) is 5.69 Å². The van der Waals surface area contributed by atoms with Crippen LogP contribution >= 0.6 is 11.6 Å². The number of nitrogens with one attached hydrogen (secondary N) is 1. The zero-order valence-corrected chi connectivity index (χ0v) is 11.9. The second kappa shape index (κ2) is 5.97.